The zero-order chi connectivity index (χ0) is 11.4. The highest BCUT2D eigenvalue weighted by molar-refractivity contribution is 4.94. The van der Waals surface area contributed by atoms with Crippen molar-refractivity contribution in [2.75, 3.05) is 20.2 Å². The molecular weight excluding hydrogens is 204 g/mol. The highest BCUT2D eigenvalue weighted by Gasteiger charge is 2.16. The van der Waals surface area contributed by atoms with Gasteiger partial charge in [0.25, 0.3) is 0 Å². The molecule has 2 heterocycles. The van der Waals surface area contributed by atoms with Crippen LogP contribution in [0.5, 0.6) is 0 Å². The highest BCUT2D eigenvalue weighted by atomic mass is 16.5. The Hall–Kier alpha value is -0.870. The fourth-order valence-electron chi connectivity index (χ4n) is 2.12. The first kappa shape index (κ1) is 11.6. The second kappa shape index (κ2) is 5.46. The van der Waals surface area contributed by atoms with Gasteiger partial charge in [0.2, 0.25) is 0 Å². The van der Waals surface area contributed by atoms with E-state index in [2.05, 4.69) is 16.9 Å². The minimum Gasteiger partial charge on any atom is -0.449 e. The summed E-state index contributed by atoms with van der Waals surface area (Å²) in [6, 6.07) is 0. The van der Waals surface area contributed by atoms with E-state index in [0.717, 1.165) is 31.3 Å². The van der Waals surface area contributed by atoms with E-state index in [1.54, 1.807) is 6.26 Å². The van der Waals surface area contributed by atoms with Crippen LogP contribution >= 0.6 is 0 Å². The maximum absolute atomic E-state index is 5.71. The third-order valence-electron chi connectivity index (χ3n) is 2.89. The van der Waals surface area contributed by atoms with Crippen LogP contribution in [-0.4, -0.2) is 36.2 Å². The summed E-state index contributed by atoms with van der Waals surface area (Å²) in [5.41, 5.74) is 0.996. The Morgan fingerprint density at radius 3 is 3.00 bits per heavy atom. The molecule has 1 atom stereocenters. The summed E-state index contributed by atoms with van der Waals surface area (Å²) in [4.78, 5) is 6.54. The van der Waals surface area contributed by atoms with E-state index in [0.29, 0.717) is 6.10 Å². The lowest BCUT2D eigenvalue weighted by molar-refractivity contribution is -0.00275. The van der Waals surface area contributed by atoms with Crippen molar-refractivity contribution in [2.45, 2.75) is 38.8 Å². The third kappa shape index (κ3) is 3.32. The zero-order valence-electron chi connectivity index (χ0n) is 10.1. The summed E-state index contributed by atoms with van der Waals surface area (Å²) in [7, 11) is 2.10. The predicted octanol–water partition coefficient (Wildman–Crippen LogP) is 1.98. The molecule has 0 saturated carbocycles. The van der Waals surface area contributed by atoms with E-state index in [9.17, 15) is 0 Å². The van der Waals surface area contributed by atoms with Gasteiger partial charge in [-0.1, -0.05) is 0 Å². The predicted molar refractivity (Wildman–Crippen MR) is 61.2 cm³/mol. The number of nitrogens with zero attached hydrogens (tertiary/aromatic N) is 2. The van der Waals surface area contributed by atoms with Crippen molar-refractivity contribution in [2.24, 2.45) is 0 Å². The SMILES string of the molecule is Cc1nc(CN(C)CC2CCCCO2)co1. The van der Waals surface area contributed by atoms with Gasteiger partial charge in [0.05, 0.1) is 11.8 Å². The van der Waals surface area contributed by atoms with Crippen LogP contribution in [0.3, 0.4) is 0 Å². The fourth-order valence-corrected chi connectivity index (χ4v) is 2.12. The lowest BCUT2D eigenvalue weighted by atomic mass is 10.1. The molecule has 90 valence electrons. The molecule has 0 aliphatic carbocycles. The first-order valence-corrected chi connectivity index (χ1v) is 5.95. The van der Waals surface area contributed by atoms with Crippen molar-refractivity contribution in [3.05, 3.63) is 17.8 Å². The largest absolute Gasteiger partial charge is 0.449 e. The first-order valence-electron chi connectivity index (χ1n) is 5.95. The van der Waals surface area contributed by atoms with Crippen molar-refractivity contribution in [3.63, 3.8) is 0 Å². The van der Waals surface area contributed by atoms with E-state index >= 15 is 0 Å². The summed E-state index contributed by atoms with van der Waals surface area (Å²) in [6.45, 7) is 4.60. The van der Waals surface area contributed by atoms with Gasteiger partial charge in [-0.25, -0.2) is 4.98 Å². The number of hydrogen-bond donors (Lipinski definition) is 0. The molecule has 1 unspecified atom stereocenters. The Labute approximate surface area is 96.6 Å². The molecule has 1 aliphatic heterocycles. The number of rotatable bonds is 4. The Morgan fingerprint density at radius 1 is 1.50 bits per heavy atom. The van der Waals surface area contributed by atoms with Gasteiger partial charge >= 0.3 is 0 Å². The quantitative estimate of drug-likeness (QED) is 0.784. The molecule has 1 aromatic heterocycles. The van der Waals surface area contributed by atoms with Gasteiger partial charge in [0.15, 0.2) is 5.89 Å². The second-order valence-corrected chi connectivity index (χ2v) is 4.54. The second-order valence-electron chi connectivity index (χ2n) is 4.54. The van der Waals surface area contributed by atoms with Crippen LogP contribution in [-0.2, 0) is 11.3 Å². The van der Waals surface area contributed by atoms with Crippen molar-refractivity contribution >= 4 is 0 Å². The number of aryl methyl sites for hydroxylation is 1. The van der Waals surface area contributed by atoms with E-state index in [4.69, 9.17) is 9.15 Å². The Morgan fingerprint density at radius 2 is 2.38 bits per heavy atom. The lowest BCUT2D eigenvalue weighted by Crippen LogP contribution is -2.33. The lowest BCUT2D eigenvalue weighted by Gasteiger charge is -2.26. The van der Waals surface area contributed by atoms with Gasteiger partial charge in [0, 0.05) is 26.6 Å². The Balaban J connectivity index is 1.77. The maximum Gasteiger partial charge on any atom is 0.191 e. The van der Waals surface area contributed by atoms with Crippen LogP contribution < -0.4 is 0 Å². The molecule has 1 fully saturated rings. The van der Waals surface area contributed by atoms with Crippen LogP contribution in [0, 0.1) is 6.92 Å². The molecule has 0 amide bonds. The fraction of sp³-hybridized carbons (Fsp3) is 0.750. The summed E-state index contributed by atoms with van der Waals surface area (Å²) in [5, 5.41) is 0. The minimum absolute atomic E-state index is 0.395. The minimum atomic E-state index is 0.395. The summed E-state index contributed by atoms with van der Waals surface area (Å²) >= 11 is 0. The number of hydrogen-bond acceptors (Lipinski definition) is 4. The average molecular weight is 224 g/mol. The van der Waals surface area contributed by atoms with Gasteiger partial charge in [-0.2, -0.15) is 0 Å². The van der Waals surface area contributed by atoms with Gasteiger partial charge in [-0.15, -0.1) is 0 Å². The molecule has 0 aromatic carbocycles. The van der Waals surface area contributed by atoms with Gasteiger partial charge < -0.3 is 9.15 Å². The Kier molecular flexibility index (Phi) is 3.96. The molecule has 1 saturated heterocycles. The van der Waals surface area contributed by atoms with Gasteiger partial charge in [-0.3, -0.25) is 4.90 Å². The molecule has 4 nitrogen and oxygen atoms in total. The van der Waals surface area contributed by atoms with Crippen LogP contribution in [0.2, 0.25) is 0 Å². The average Bonchev–Trinajstić information content (AvgIpc) is 2.65. The summed E-state index contributed by atoms with van der Waals surface area (Å²) in [5.74, 6) is 0.734. The zero-order valence-corrected chi connectivity index (χ0v) is 10.1. The molecular formula is C12H20N2O2. The molecule has 1 aliphatic rings. The van der Waals surface area contributed by atoms with Gasteiger partial charge in [0.1, 0.15) is 6.26 Å². The highest BCUT2D eigenvalue weighted by Crippen LogP contribution is 2.14. The maximum atomic E-state index is 5.71. The van der Waals surface area contributed by atoms with Crippen molar-refractivity contribution in [1.29, 1.82) is 0 Å². The normalized spacial score (nSPS) is 21.6. The molecule has 0 N–H and O–H groups in total. The molecule has 0 spiro atoms. The van der Waals surface area contributed by atoms with E-state index < -0.39 is 0 Å². The first-order chi connectivity index (χ1) is 7.74. The summed E-state index contributed by atoms with van der Waals surface area (Å²) in [6.07, 6.45) is 5.81. The number of ether oxygens (including phenoxy) is 1. The van der Waals surface area contributed by atoms with E-state index in [-0.39, 0.29) is 0 Å². The van der Waals surface area contributed by atoms with Crippen LogP contribution in [0.4, 0.5) is 0 Å². The summed E-state index contributed by atoms with van der Waals surface area (Å²) < 4.78 is 10.9. The smallest absolute Gasteiger partial charge is 0.191 e. The number of aromatic nitrogens is 1. The molecule has 16 heavy (non-hydrogen) atoms. The van der Waals surface area contributed by atoms with Crippen LogP contribution in [0.1, 0.15) is 30.8 Å². The molecule has 1 aromatic rings. The third-order valence-corrected chi connectivity index (χ3v) is 2.89. The monoisotopic (exact) mass is 224 g/mol. The van der Waals surface area contributed by atoms with E-state index in [1.165, 1.54) is 19.3 Å². The van der Waals surface area contributed by atoms with E-state index in [1.807, 2.05) is 6.92 Å². The molecule has 4 heteroatoms. The van der Waals surface area contributed by atoms with Crippen molar-refractivity contribution < 1.29 is 9.15 Å². The van der Waals surface area contributed by atoms with Crippen LogP contribution in [0.15, 0.2) is 10.7 Å². The van der Waals surface area contributed by atoms with Crippen molar-refractivity contribution in [3.8, 4) is 0 Å². The van der Waals surface area contributed by atoms with Crippen LogP contribution in [0.25, 0.3) is 0 Å². The number of oxazole rings is 1. The molecule has 2 rings (SSSR count). The topological polar surface area (TPSA) is 38.5 Å². The molecule has 0 radical (unpaired) electrons. The Bertz CT molecular complexity index is 319. The van der Waals surface area contributed by atoms with Gasteiger partial charge in [-0.05, 0) is 26.3 Å². The van der Waals surface area contributed by atoms with Crippen molar-refractivity contribution in [1.82, 2.24) is 9.88 Å². The number of likely N-dealkylation sites (N-methyl/N-ethyl adjacent to an activating group) is 1. The standard InChI is InChI=1S/C12H20N2O2/c1-10-13-11(9-16-10)7-14(2)8-12-5-3-4-6-15-12/h9,12H,3-8H2,1-2H3. The molecule has 0 bridgehead atoms.